The van der Waals surface area contributed by atoms with Crippen molar-refractivity contribution in [3.63, 3.8) is 0 Å². The molecule has 8 heteroatoms. The number of aromatic nitrogens is 3. The van der Waals surface area contributed by atoms with E-state index in [4.69, 9.17) is 21.6 Å². The molecule has 3 aromatic rings. The van der Waals surface area contributed by atoms with Crippen molar-refractivity contribution in [2.45, 2.75) is 6.54 Å². The smallest absolute Gasteiger partial charge is 0.237 e. The van der Waals surface area contributed by atoms with E-state index in [2.05, 4.69) is 26.0 Å². The van der Waals surface area contributed by atoms with Gasteiger partial charge in [-0.05, 0) is 24.3 Å². The second-order valence-electron chi connectivity index (χ2n) is 4.41. The molecule has 0 bridgehead atoms. The molecule has 6 nitrogen and oxygen atoms in total. The van der Waals surface area contributed by atoms with Crippen LogP contribution < -0.4 is 10.1 Å². The lowest BCUT2D eigenvalue weighted by molar-refractivity contribution is 0.463. The molecule has 0 saturated carbocycles. The highest BCUT2D eigenvalue weighted by molar-refractivity contribution is 7.10. The van der Waals surface area contributed by atoms with Crippen molar-refractivity contribution in [3.05, 3.63) is 58.2 Å². The van der Waals surface area contributed by atoms with Gasteiger partial charge in [0.15, 0.2) is 5.75 Å². The number of nitrogens with zero attached hydrogens (tertiary/aromatic N) is 4. The van der Waals surface area contributed by atoms with Crippen LogP contribution in [0.2, 0.25) is 4.34 Å². The van der Waals surface area contributed by atoms with E-state index < -0.39 is 0 Å². The van der Waals surface area contributed by atoms with Crippen LogP contribution in [0.25, 0.3) is 0 Å². The molecule has 0 unspecified atom stereocenters. The van der Waals surface area contributed by atoms with Crippen molar-refractivity contribution in [2.24, 2.45) is 0 Å². The number of rotatable bonds is 5. The number of ether oxygens (including phenoxy) is 1. The number of halogens is 1. The van der Waals surface area contributed by atoms with Gasteiger partial charge in [0.2, 0.25) is 5.88 Å². The third-order valence-electron chi connectivity index (χ3n) is 2.94. The average Bonchev–Trinajstić information content (AvgIpc) is 3.00. The van der Waals surface area contributed by atoms with Gasteiger partial charge in [-0.15, -0.1) is 5.10 Å². The number of hydrogen-bond acceptors (Lipinski definition) is 7. The summed E-state index contributed by atoms with van der Waals surface area (Å²) in [6.45, 7) is 0.420. The Morgan fingerprint density at radius 1 is 1.26 bits per heavy atom. The number of para-hydroxylation sites is 2. The van der Waals surface area contributed by atoms with E-state index in [1.54, 1.807) is 24.4 Å². The number of anilines is 1. The Kier molecular flexibility index (Phi) is 4.66. The summed E-state index contributed by atoms with van der Waals surface area (Å²) < 4.78 is 10.1. The molecule has 1 N–H and O–H groups in total. The van der Waals surface area contributed by atoms with E-state index in [0.717, 1.165) is 17.2 Å². The highest BCUT2D eigenvalue weighted by Gasteiger charge is 2.10. The largest absolute Gasteiger partial charge is 0.436 e. The lowest BCUT2D eigenvalue weighted by Crippen LogP contribution is -2.02. The van der Waals surface area contributed by atoms with Gasteiger partial charge >= 0.3 is 0 Å². The van der Waals surface area contributed by atoms with Crippen LogP contribution in [0.1, 0.15) is 11.3 Å². The molecule has 0 fully saturated rings. The van der Waals surface area contributed by atoms with Gasteiger partial charge in [0.25, 0.3) is 0 Å². The lowest BCUT2D eigenvalue weighted by atomic mass is 10.2. The molecule has 2 heterocycles. The maximum atomic E-state index is 9.11. The number of hydrogen-bond donors (Lipinski definition) is 1. The average molecular weight is 344 g/mol. The molecule has 0 saturated heterocycles. The first-order valence-corrected chi connectivity index (χ1v) is 7.75. The predicted molar refractivity (Wildman–Crippen MR) is 87.7 cm³/mol. The topological polar surface area (TPSA) is 83.7 Å². The summed E-state index contributed by atoms with van der Waals surface area (Å²) in [6.07, 6.45) is 1.58. The minimum atomic E-state index is 0.262. The van der Waals surface area contributed by atoms with Gasteiger partial charge in [0.05, 0.1) is 12.2 Å². The number of nitrogens with one attached hydrogen (secondary N) is 1. The Labute approximate surface area is 141 Å². The molecule has 23 heavy (non-hydrogen) atoms. The first kappa shape index (κ1) is 15.2. The SMILES string of the molecule is N#Cc1cccnc1Oc1ccccc1NCc1nnsc1Cl. The van der Waals surface area contributed by atoms with Crippen LogP contribution in [-0.2, 0) is 6.54 Å². The van der Waals surface area contributed by atoms with Crippen LogP contribution in [0.3, 0.4) is 0 Å². The van der Waals surface area contributed by atoms with Crippen LogP contribution in [0.15, 0.2) is 42.6 Å². The summed E-state index contributed by atoms with van der Waals surface area (Å²) in [6, 6.07) is 12.8. The van der Waals surface area contributed by atoms with Crippen molar-refractivity contribution >= 4 is 28.8 Å². The van der Waals surface area contributed by atoms with Gasteiger partial charge in [-0.25, -0.2) is 4.98 Å². The number of benzene rings is 1. The highest BCUT2D eigenvalue weighted by atomic mass is 35.5. The third kappa shape index (κ3) is 3.56. The normalized spacial score (nSPS) is 10.1. The summed E-state index contributed by atoms with van der Waals surface area (Å²) in [7, 11) is 0. The Balaban J connectivity index is 1.81. The van der Waals surface area contributed by atoms with Crippen LogP contribution in [0.4, 0.5) is 5.69 Å². The molecular formula is C15H10ClN5OS. The molecule has 0 spiro atoms. The standard InChI is InChI=1S/C15H10ClN5OS/c16-14-12(20-21-23-14)9-19-11-5-1-2-6-13(11)22-15-10(8-17)4-3-7-18-15/h1-7,19H,9H2. The fourth-order valence-electron chi connectivity index (χ4n) is 1.84. The maximum absolute atomic E-state index is 9.11. The van der Waals surface area contributed by atoms with E-state index in [1.807, 2.05) is 18.2 Å². The van der Waals surface area contributed by atoms with Gasteiger partial charge in [-0.1, -0.05) is 28.2 Å². The molecule has 2 aromatic heterocycles. The Bertz CT molecular complexity index is 861. The summed E-state index contributed by atoms with van der Waals surface area (Å²) in [4.78, 5) is 4.10. The Morgan fingerprint density at radius 3 is 2.91 bits per heavy atom. The Hall–Kier alpha value is -2.69. The summed E-state index contributed by atoms with van der Waals surface area (Å²) in [5.74, 6) is 0.819. The van der Waals surface area contributed by atoms with E-state index in [-0.39, 0.29) is 5.88 Å². The van der Waals surface area contributed by atoms with E-state index in [9.17, 15) is 0 Å². The zero-order valence-corrected chi connectivity index (χ0v) is 13.3. The second kappa shape index (κ2) is 7.05. The first-order valence-electron chi connectivity index (χ1n) is 6.60. The number of pyridine rings is 1. The zero-order chi connectivity index (χ0) is 16.1. The molecule has 0 aliphatic rings. The third-order valence-corrected chi connectivity index (χ3v) is 3.93. The zero-order valence-electron chi connectivity index (χ0n) is 11.7. The highest BCUT2D eigenvalue weighted by Crippen LogP contribution is 2.30. The van der Waals surface area contributed by atoms with E-state index >= 15 is 0 Å². The van der Waals surface area contributed by atoms with Crippen molar-refractivity contribution in [1.29, 1.82) is 5.26 Å². The molecule has 0 amide bonds. The van der Waals surface area contributed by atoms with Crippen molar-refractivity contribution in [3.8, 4) is 17.7 Å². The molecular weight excluding hydrogens is 334 g/mol. The molecule has 1 aromatic carbocycles. The predicted octanol–water partition coefficient (Wildman–Crippen LogP) is 3.86. The summed E-state index contributed by atoms with van der Waals surface area (Å²) >= 11 is 7.13. The monoisotopic (exact) mass is 343 g/mol. The molecule has 0 radical (unpaired) electrons. The molecule has 114 valence electrons. The van der Waals surface area contributed by atoms with Gasteiger partial charge < -0.3 is 10.1 Å². The lowest BCUT2D eigenvalue weighted by Gasteiger charge is -2.12. The van der Waals surface area contributed by atoms with Crippen LogP contribution in [0, 0.1) is 11.3 Å². The van der Waals surface area contributed by atoms with Crippen LogP contribution >= 0.6 is 23.1 Å². The van der Waals surface area contributed by atoms with Crippen LogP contribution in [-0.4, -0.2) is 14.6 Å². The van der Waals surface area contributed by atoms with E-state index in [1.165, 1.54) is 0 Å². The first-order chi connectivity index (χ1) is 11.3. The summed E-state index contributed by atoms with van der Waals surface area (Å²) in [5.41, 5.74) is 1.78. The minimum absolute atomic E-state index is 0.262. The van der Waals surface area contributed by atoms with Crippen molar-refractivity contribution in [1.82, 2.24) is 14.6 Å². The summed E-state index contributed by atoms with van der Waals surface area (Å²) in [5, 5.41) is 16.3. The number of nitriles is 1. The second-order valence-corrected chi connectivity index (χ2v) is 5.77. The molecule has 3 rings (SSSR count). The van der Waals surface area contributed by atoms with Gasteiger partial charge in [-0.2, -0.15) is 5.26 Å². The van der Waals surface area contributed by atoms with Gasteiger partial charge in [0.1, 0.15) is 21.7 Å². The van der Waals surface area contributed by atoms with E-state index in [0.29, 0.717) is 27.9 Å². The Morgan fingerprint density at radius 2 is 2.13 bits per heavy atom. The molecule has 0 aliphatic carbocycles. The van der Waals surface area contributed by atoms with Gasteiger partial charge in [0, 0.05) is 17.7 Å². The fourth-order valence-corrected chi connectivity index (χ4v) is 2.47. The quantitative estimate of drug-likeness (QED) is 0.757. The fraction of sp³-hybridized carbons (Fsp3) is 0.0667. The molecule has 0 atom stereocenters. The maximum Gasteiger partial charge on any atom is 0.237 e. The van der Waals surface area contributed by atoms with Crippen molar-refractivity contribution < 1.29 is 4.74 Å². The minimum Gasteiger partial charge on any atom is -0.436 e. The van der Waals surface area contributed by atoms with Gasteiger partial charge in [-0.3, -0.25) is 0 Å². The van der Waals surface area contributed by atoms with Crippen molar-refractivity contribution in [2.75, 3.05) is 5.32 Å². The molecule has 0 aliphatic heterocycles. The van der Waals surface area contributed by atoms with Crippen LogP contribution in [0.5, 0.6) is 11.6 Å².